The molecule has 1 aliphatic carbocycles. The number of rotatable bonds is 7. The van der Waals surface area contributed by atoms with Crippen LogP contribution >= 0.6 is 0 Å². The highest BCUT2D eigenvalue weighted by Gasteiger charge is 2.36. The zero-order valence-corrected chi connectivity index (χ0v) is 12.6. The highest BCUT2D eigenvalue weighted by atomic mass is 32.2. The zero-order valence-electron chi connectivity index (χ0n) is 11.8. The molecule has 0 radical (unpaired) electrons. The smallest absolute Gasteiger partial charge is 0.240 e. The third-order valence-electron chi connectivity index (χ3n) is 3.39. The van der Waals surface area contributed by atoms with Gasteiger partial charge in [-0.2, -0.15) is 0 Å². The Balaban J connectivity index is 2.19. The fourth-order valence-corrected chi connectivity index (χ4v) is 3.36. The maximum atomic E-state index is 12.2. The van der Waals surface area contributed by atoms with Gasteiger partial charge in [0.05, 0.1) is 18.1 Å². The fourth-order valence-electron chi connectivity index (χ4n) is 1.95. The average Bonchev–Trinajstić information content (AvgIpc) is 3.10. The molecule has 0 aliphatic heterocycles. The van der Waals surface area contributed by atoms with Crippen LogP contribution in [0.15, 0.2) is 23.1 Å². The van der Waals surface area contributed by atoms with E-state index in [1.807, 2.05) is 13.8 Å². The summed E-state index contributed by atoms with van der Waals surface area (Å²) in [5.41, 5.74) is 0.491. The molecule has 2 rings (SSSR count). The maximum Gasteiger partial charge on any atom is 0.240 e. The van der Waals surface area contributed by atoms with Crippen LogP contribution in [0, 0.1) is 5.92 Å². The van der Waals surface area contributed by atoms with Crippen molar-refractivity contribution in [2.75, 3.05) is 6.61 Å². The average molecular weight is 299 g/mol. The summed E-state index contributed by atoms with van der Waals surface area (Å²) in [5, 5.41) is 9.35. The molecule has 0 heterocycles. The fraction of sp³-hybridized carbons (Fsp3) is 0.571. The lowest BCUT2D eigenvalue weighted by Gasteiger charge is -2.12. The number of aliphatic hydroxyl groups is 1. The number of hydrogen-bond acceptors (Lipinski definition) is 4. The van der Waals surface area contributed by atoms with E-state index >= 15 is 0 Å². The summed E-state index contributed by atoms with van der Waals surface area (Å²) in [4.78, 5) is 0.171. The van der Waals surface area contributed by atoms with E-state index in [0.717, 1.165) is 12.8 Å². The first-order chi connectivity index (χ1) is 9.47. The SMILES string of the molecule is CCCOc1ccc(S(=O)(=O)NC2CC2C)cc1CO. The first-order valence-electron chi connectivity index (χ1n) is 6.87. The zero-order chi connectivity index (χ0) is 14.8. The second kappa shape index (κ2) is 6.11. The van der Waals surface area contributed by atoms with Gasteiger partial charge in [-0.3, -0.25) is 0 Å². The Morgan fingerprint density at radius 3 is 2.70 bits per heavy atom. The van der Waals surface area contributed by atoms with Crippen LogP contribution in [0.3, 0.4) is 0 Å². The molecule has 1 aliphatic rings. The van der Waals surface area contributed by atoms with E-state index in [0.29, 0.717) is 23.8 Å². The first-order valence-corrected chi connectivity index (χ1v) is 8.35. The van der Waals surface area contributed by atoms with Crippen molar-refractivity contribution in [3.8, 4) is 5.75 Å². The highest BCUT2D eigenvalue weighted by Crippen LogP contribution is 2.31. The van der Waals surface area contributed by atoms with Gasteiger partial charge in [-0.15, -0.1) is 0 Å². The molecule has 0 aromatic heterocycles. The maximum absolute atomic E-state index is 12.2. The summed E-state index contributed by atoms with van der Waals surface area (Å²) in [6.45, 7) is 4.28. The predicted octanol–water partition coefficient (Wildman–Crippen LogP) is 1.65. The molecule has 0 amide bonds. The van der Waals surface area contributed by atoms with Gasteiger partial charge in [0.1, 0.15) is 5.75 Å². The van der Waals surface area contributed by atoms with Crippen LogP contribution in [0.1, 0.15) is 32.3 Å². The molecule has 2 unspecified atom stereocenters. The minimum Gasteiger partial charge on any atom is -0.493 e. The molecule has 2 atom stereocenters. The largest absolute Gasteiger partial charge is 0.493 e. The molecule has 0 saturated heterocycles. The lowest BCUT2D eigenvalue weighted by atomic mass is 10.2. The van der Waals surface area contributed by atoms with Crippen LogP contribution in [-0.4, -0.2) is 26.2 Å². The van der Waals surface area contributed by atoms with Gasteiger partial charge in [0.15, 0.2) is 0 Å². The monoisotopic (exact) mass is 299 g/mol. The number of ether oxygens (including phenoxy) is 1. The van der Waals surface area contributed by atoms with E-state index in [-0.39, 0.29) is 17.5 Å². The van der Waals surface area contributed by atoms with Crippen molar-refractivity contribution < 1.29 is 18.3 Å². The Bertz CT molecular complexity index is 571. The van der Waals surface area contributed by atoms with Crippen LogP contribution in [-0.2, 0) is 16.6 Å². The van der Waals surface area contributed by atoms with Crippen molar-refractivity contribution in [3.63, 3.8) is 0 Å². The summed E-state index contributed by atoms with van der Waals surface area (Å²) < 4.78 is 32.5. The minimum absolute atomic E-state index is 0.0357. The number of aliphatic hydroxyl groups excluding tert-OH is 1. The molecule has 0 spiro atoms. The number of nitrogens with one attached hydrogen (secondary N) is 1. The van der Waals surface area contributed by atoms with E-state index in [1.54, 1.807) is 6.07 Å². The summed E-state index contributed by atoms with van der Waals surface area (Å²) >= 11 is 0. The number of benzene rings is 1. The van der Waals surface area contributed by atoms with Crippen LogP contribution in [0.4, 0.5) is 0 Å². The molecule has 2 N–H and O–H groups in total. The van der Waals surface area contributed by atoms with Crippen molar-refractivity contribution in [2.45, 2.75) is 44.2 Å². The molecule has 1 aromatic carbocycles. The Hall–Kier alpha value is -1.11. The van der Waals surface area contributed by atoms with Crippen molar-refractivity contribution in [1.29, 1.82) is 0 Å². The van der Waals surface area contributed by atoms with Gasteiger partial charge in [-0.1, -0.05) is 13.8 Å². The highest BCUT2D eigenvalue weighted by molar-refractivity contribution is 7.89. The molecule has 1 saturated carbocycles. The minimum atomic E-state index is -3.52. The molecule has 5 nitrogen and oxygen atoms in total. The summed E-state index contributed by atoms with van der Waals surface area (Å²) in [5.74, 6) is 0.933. The van der Waals surface area contributed by atoms with Gasteiger partial charge in [-0.25, -0.2) is 13.1 Å². The van der Waals surface area contributed by atoms with E-state index in [4.69, 9.17) is 4.74 Å². The van der Waals surface area contributed by atoms with Crippen molar-refractivity contribution in [1.82, 2.24) is 4.72 Å². The summed E-state index contributed by atoms with van der Waals surface area (Å²) in [6.07, 6.45) is 1.73. The van der Waals surface area contributed by atoms with Gasteiger partial charge in [0, 0.05) is 11.6 Å². The lowest BCUT2D eigenvalue weighted by molar-refractivity contribution is 0.262. The number of hydrogen-bond donors (Lipinski definition) is 2. The lowest BCUT2D eigenvalue weighted by Crippen LogP contribution is -2.26. The van der Waals surface area contributed by atoms with Crippen LogP contribution in [0.5, 0.6) is 5.75 Å². The van der Waals surface area contributed by atoms with Gasteiger partial charge >= 0.3 is 0 Å². The molecular formula is C14H21NO4S. The second-order valence-electron chi connectivity index (χ2n) is 5.22. The first kappa shape index (κ1) is 15.3. The van der Waals surface area contributed by atoms with E-state index in [9.17, 15) is 13.5 Å². The molecule has 20 heavy (non-hydrogen) atoms. The van der Waals surface area contributed by atoms with Crippen LogP contribution in [0.25, 0.3) is 0 Å². The molecular weight excluding hydrogens is 278 g/mol. The Labute approximate surface area is 120 Å². The Morgan fingerprint density at radius 1 is 1.45 bits per heavy atom. The van der Waals surface area contributed by atoms with Gasteiger partial charge in [0.2, 0.25) is 10.0 Å². The topological polar surface area (TPSA) is 75.6 Å². The van der Waals surface area contributed by atoms with Crippen LogP contribution < -0.4 is 9.46 Å². The quantitative estimate of drug-likeness (QED) is 0.803. The normalized spacial score (nSPS) is 21.8. The Morgan fingerprint density at radius 2 is 2.15 bits per heavy atom. The van der Waals surface area contributed by atoms with Gasteiger partial charge in [-0.05, 0) is 37.0 Å². The molecule has 0 bridgehead atoms. The predicted molar refractivity (Wildman–Crippen MR) is 76.0 cm³/mol. The van der Waals surface area contributed by atoms with Gasteiger partial charge < -0.3 is 9.84 Å². The van der Waals surface area contributed by atoms with Crippen molar-refractivity contribution in [3.05, 3.63) is 23.8 Å². The van der Waals surface area contributed by atoms with E-state index in [1.165, 1.54) is 12.1 Å². The second-order valence-corrected chi connectivity index (χ2v) is 6.93. The molecule has 112 valence electrons. The number of sulfonamides is 1. The molecule has 6 heteroatoms. The standard InChI is InChI=1S/C14H21NO4S/c1-3-6-19-14-5-4-12(8-11(14)9-16)20(17,18)15-13-7-10(13)2/h4-5,8,10,13,15-16H,3,6-7,9H2,1-2H3. The third kappa shape index (κ3) is 3.50. The Kier molecular flexibility index (Phi) is 4.67. The van der Waals surface area contributed by atoms with E-state index < -0.39 is 10.0 Å². The van der Waals surface area contributed by atoms with Crippen LogP contribution in [0.2, 0.25) is 0 Å². The summed E-state index contributed by atoms with van der Waals surface area (Å²) in [7, 11) is -3.52. The van der Waals surface area contributed by atoms with Crippen molar-refractivity contribution >= 4 is 10.0 Å². The molecule has 1 aromatic rings. The van der Waals surface area contributed by atoms with E-state index in [2.05, 4.69) is 4.72 Å². The van der Waals surface area contributed by atoms with Crippen molar-refractivity contribution in [2.24, 2.45) is 5.92 Å². The molecule has 1 fully saturated rings. The summed E-state index contributed by atoms with van der Waals surface area (Å²) in [6, 6.07) is 4.63. The van der Waals surface area contributed by atoms with Gasteiger partial charge in [0.25, 0.3) is 0 Å². The third-order valence-corrected chi connectivity index (χ3v) is 4.88.